The average Bonchev–Trinajstić information content (AvgIpc) is 2.51. The van der Waals surface area contributed by atoms with Gasteiger partial charge in [0.2, 0.25) is 5.95 Å². The molecule has 0 saturated carbocycles. The molecule has 6 heteroatoms. The monoisotopic (exact) mass is 302 g/mol. The number of rotatable bonds is 8. The van der Waals surface area contributed by atoms with Crippen molar-refractivity contribution in [3.8, 4) is 5.75 Å². The summed E-state index contributed by atoms with van der Waals surface area (Å²) in [7, 11) is 3.34. The normalized spacial score (nSPS) is 10.3. The number of hydrogen-bond acceptors (Lipinski definition) is 6. The highest BCUT2D eigenvalue weighted by Crippen LogP contribution is 2.21. The molecule has 1 heterocycles. The molecule has 0 unspecified atom stereocenters. The minimum Gasteiger partial charge on any atom is -0.497 e. The summed E-state index contributed by atoms with van der Waals surface area (Å²) in [5.41, 5.74) is 1.82. The van der Waals surface area contributed by atoms with E-state index in [1.54, 1.807) is 14.2 Å². The third-order valence-electron chi connectivity index (χ3n) is 3.00. The Bertz CT molecular complexity index is 604. The smallest absolute Gasteiger partial charge is 0.224 e. The summed E-state index contributed by atoms with van der Waals surface area (Å²) in [6, 6.07) is 9.62. The van der Waals surface area contributed by atoms with E-state index in [1.807, 2.05) is 37.3 Å². The summed E-state index contributed by atoms with van der Waals surface area (Å²) in [5, 5.41) is 6.47. The Morgan fingerprint density at radius 1 is 1.14 bits per heavy atom. The van der Waals surface area contributed by atoms with E-state index >= 15 is 0 Å². The number of nitrogens with zero attached hydrogens (tertiary/aromatic N) is 2. The summed E-state index contributed by atoms with van der Waals surface area (Å²) >= 11 is 0. The highest BCUT2D eigenvalue weighted by molar-refractivity contribution is 5.59. The molecule has 0 saturated heterocycles. The summed E-state index contributed by atoms with van der Waals surface area (Å²) in [6.45, 7) is 3.43. The van der Waals surface area contributed by atoms with Crippen LogP contribution in [-0.4, -0.2) is 37.3 Å². The Labute approximate surface area is 130 Å². The maximum Gasteiger partial charge on any atom is 0.224 e. The van der Waals surface area contributed by atoms with Crippen LogP contribution in [-0.2, 0) is 4.74 Å². The van der Waals surface area contributed by atoms with Crippen molar-refractivity contribution in [2.24, 2.45) is 0 Å². The third-order valence-corrected chi connectivity index (χ3v) is 3.00. The Hall–Kier alpha value is -2.34. The van der Waals surface area contributed by atoms with E-state index in [9.17, 15) is 0 Å². The lowest BCUT2D eigenvalue weighted by molar-refractivity contribution is 0.197. The fourth-order valence-electron chi connectivity index (χ4n) is 1.98. The zero-order valence-corrected chi connectivity index (χ0v) is 13.2. The number of methoxy groups -OCH3 is 2. The molecule has 0 aliphatic carbocycles. The van der Waals surface area contributed by atoms with Crippen LogP contribution in [0.25, 0.3) is 0 Å². The maximum atomic E-state index is 5.22. The summed E-state index contributed by atoms with van der Waals surface area (Å²) < 4.78 is 10.2. The van der Waals surface area contributed by atoms with Crippen molar-refractivity contribution in [2.75, 3.05) is 38.0 Å². The highest BCUT2D eigenvalue weighted by Gasteiger charge is 2.03. The Kier molecular flexibility index (Phi) is 5.97. The fourth-order valence-corrected chi connectivity index (χ4v) is 1.98. The second kappa shape index (κ2) is 8.19. The lowest BCUT2D eigenvalue weighted by atomic mass is 10.3. The molecule has 0 radical (unpaired) electrons. The van der Waals surface area contributed by atoms with Crippen molar-refractivity contribution in [1.29, 1.82) is 0 Å². The van der Waals surface area contributed by atoms with Gasteiger partial charge in [-0.05, 0) is 25.5 Å². The van der Waals surface area contributed by atoms with Crippen molar-refractivity contribution in [1.82, 2.24) is 9.97 Å². The van der Waals surface area contributed by atoms with Crippen LogP contribution in [0.2, 0.25) is 0 Å². The minimum atomic E-state index is 0.612. The highest BCUT2D eigenvalue weighted by atomic mass is 16.5. The van der Waals surface area contributed by atoms with Gasteiger partial charge in [0.15, 0.2) is 0 Å². The first kappa shape index (κ1) is 16.0. The van der Waals surface area contributed by atoms with Crippen LogP contribution in [0, 0.1) is 6.92 Å². The molecule has 118 valence electrons. The standard InChI is InChI=1S/C16H22N4O2/c1-12-10-15(19-13-6-4-7-14(11-13)22-3)20-16(18-12)17-8-5-9-21-2/h4,6-7,10-11H,5,8-9H2,1-3H3,(H2,17,18,19,20). The molecule has 0 spiro atoms. The predicted octanol–water partition coefficient (Wildman–Crippen LogP) is 2.99. The van der Waals surface area contributed by atoms with Crippen molar-refractivity contribution in [3.63, 3.8) is 0 Å². The van der Waals surface area contributed by atoms with Crippen LogP contribution < -0.4 is 15.4 Å². The molecule has 0 bridgehead atoms. The molecule has 0 aliphatic rings. The van der Waals surface area contributed by atoms with Gasteiger partial charge >= 0.3 is 0 Å². The molecule has 0 fully saturated rings. The Morgan fingerprint density at radius 3 is 2.77 bits per heavy atom. The van der Waals surface area contributed by atoms with Crippen molar-refractivity contribution in [3.05, 3.63) is 36.0 Å². The van der Waals surface area contributed by atoms with Gasteiger partial charge in [0.1, 0.15) is 11.6 Å². The van der Waals surface area contributed by atoms with Crippen molar-refractivity contribution in [2.45, 2.75) is 13.3 Å². The van der Waals surface area contributed by atoms with Crippen LogP contribution in [0.1, 0.15) is 12.1 Å². The van der Waals surface area contributed by atoms with Crippen LogP contribution >= 0.6 is 0 Å². The minimum absolute atomic E-state index is 0.612. The summed E-state index contributed by atoms with van der Waals surface area (Å²) in [6.07, 6.45) is 0.909. The number of anilines is 3. The topological polar surface area (TPSA) is 68.3 Å². The van der Waals surface area contributed by atoms with Crippen molar-refractivity contribution >= 4 is 17.5 Å². The van der Waals surface area contributed by atoms with Gasteiger partial charge in [-0.15, -0.1) is 0 Å². The molecule has 0 atom stereocenters. The zero-order chi connectivity index (χ0) is 15.8. The largest absolute Gasteiger partial charge is 0.497 e. The Balaban J connectivity index is 2.05. The first-order chi connectivity index (χ1) is 10.7. The number of aryl methyl sites for hydroxylation is 1. The molecule has 1 aromatic carbocycles. The number of benzene rings is 1. The second-order valence-electron chi connectivity index (χ2n) is 4.85. The number of aromatic nitrogens is 2. The van der Waals surface area contributed by atoms with E-state index < -0.39 is 0 Å². The molecule has 2 rings (SSSR count). The number of hydrogen-bond donors (Lipinski definition) is 2. The van der Waals surface area contributed by atoms with Crippen LogP contribution in [0.15, 0.2) is 30.3 Å². The van der Waals surface area contributed by atoms with Gasteiger partial charge in [-0.2, -0.15) is 4.98 Å². The number of nitrogens with one attached hydrogen (secondary N) is 2. The third kappa shape index (κ3) is 4.89. The maximum absolute atomic E-state index is 5.22. The first-order valence-corrected chi connectivity index (χ1v) is 7.21. The molecule has 2 aromatic rings. The molecule has 0 aliphatic heterocycles. The summed E-state index contributed by atoms with van der Waals surface area (Å²) in [4.78, 5) is 8.85. The zero-order valence-electron chi connectivity index (χ0n) is 13.2. The van der Waals surface area contributed by atoms with E-state index in [4.69, 9.17) is 9.47 Å². The van der Waals surface area contributed by atoms with Gasteiger partial charge in [0.05, 0.1) is 7.11 Å². The van der Waals surface area contributed by atoms with Crippen LogP contribution in [0.5, 0.6) is 5.75 Å². The van der Waals surface area contributed by atoms with E-state index in [0.29, 0.717) is 12.6 Å². The molecule has 2 N–H and O–H groups in total. The molecular weight excluding hydrogens is 280 g/mol. The van der Waals surface area contributed by atoms with Gasteiger partial charge in [0.25, 0.3) is 0 Å². The average molecular weight is 302 g/mol. The van der Waals surface area contributed by atoms with E-state index in [2.05, 4.69) is 20.6 Å². The molecule has 1 aromatic heterocycles. The molecule has 6 nitrogen and oxygen atoms in total. The lowest BCUT2D eigenvalue weighted by Gasteiger charge is -2.10. The second-order valence-corrected chi connectivity index (χ2v) is 4.85. The summed E-state index contributed by atoms with van der Waals surface area (Å²) in [5.74, 6) is 2.16. The van der Waals surface area contributed by atoms with Gasteiger partial charge in [0, 0.05) is 43.8 Å². The van der Waals surface area contributed by atoms with E-state index in [0.717, 1.165) is 35.9 Å². The van der Waals surface area contributed by atoms with E-state index in [-0.39, 0.29) is 0 Å². The predicted molar refractivity (Wildman–Crippen MR) is 88.0 cm³/mol. The fraction of sp³-hybridized carbons (Fsp3) is 0.375. The quantitative estimate of drug-likeness (QED) is 0.731. The Morgan fingerprint density at radius 2 is 2.00 bits per heavy atom. The van der Waals surface area contributed by atoms with E-state index in [1.165, 1.54) is 0 Å². The lowest BCUT2D eigenvalue weighted by Crippen LogP contribution is -2.09. The SMILES string of the molecule is COCCCNc1nc(C)cc(Nc2cccc(OC)c2)n1. The molecule has 22 heavy (non-hydrogen) atoms. The van der Waals surface area contributed by atoms with Gasteiger partial charge in [-0.25, -0.2) is 4.98 Å². The molecule has 0 amide bonds. The van der Waals surface area contributed by atoms with Gasteiger partial charge in [-0.3, -0.25) is 0 Å². The molecular formula is C16H22N4O2. The van der Waals surface area contributed by atoms with Gasteiger partial charge in [-0.1, -0.05) is 6.07 Å². The van der Waals surface area contributed by atoms with Crippen molar-refractivity contribution < 1.29 is 9.47 Å². The van der Waals surface area contributed by atoms with Crippen LogP contribution in [0.4, 0.5) is 17.5 Å². The first-order valence-electron chi connectivity index (χ1n) is 7.21. The van der Waals surface area contributed by atoms with Crippen LogP contribution in [0.3, 0.4) is 0 Å². The number of ether oxygens (including phenoxy) is 2. The van der Waals surface area contributed by atoms with Gasteiger partial charge < -0.3 is 20.1 Å².